The molecule has 2 N–H and O–H groups in total. The molecule has 0 spiro atoms. The van der Waals surface area contributed by atoms with Gasteiger partial charge < -0.3 is 4.74 Å². The second kappa shape index (κ2) is 10.8. The van der Waals surface area contributed by atoms with E-state index in [0.29, 0.717) is 5.02 Å². The number of hydrogen-bond donors (Lipinski definition) is 2. The predicted octanol–water partition coefficient (Wildman–Crippen LogP) is 4.35. The fourth-order valence-electron chi connectivity index (χ4n) is 6.75. The molecule has 8 rings (SSSR count). The highest BCUT2D eigenvalue weighted by Crippen LogP contribution is 2.61. The van der Waals surface area contributed by atoms with Crippen LogP contribution in [0.4, 0.5) is 5.69 Å². The van der Waals surface area contributed by atoms with E-state index in [1.807, 2.05) is 48.5 Å². The highest BCUT2D eigenvalue weighted by atomic mass is 35.5. The summed E-state index contributed by atoms with van der Waals surface area (Å²) in [6.45, 7) is -0.671. The lowest BCUT2D eigenvalue weighted by molar-refractivity contribution is -0.125. The van der Waals surface area contributed by atoms with Gasteiger partial charge in [-0.3, -0.25) is 30.0 Å². The van der Waals surface area contributed by atoms with E-state index in [1.54, 1.807) is 12.1 Å². The maximum Gasteiger partial charge on any atom is 0.338 e. The number of rotatable bonds is 5. The number of nitrogens with zero attached hydrogens (tertiary/aromatic N) is 1. The number of carbonyl (C=O) groups excluding carboxylic acids is 5. The van der Waals surface area contributed by atoms with Gasteiger partial charge in [0.25, 0.3) is 11.8 Å². The van der Waals surface area contributed by atoms with Crippen LogP contribution in [0.2, 0.25) is 5.02 Å². The normalized spacial score (nSPS) is 20.8. The first-order chi connectivity index (χ1) is 21.3. The Kier molecular flexibility index (Phi) is 6.74. The molecular formula is C34H24ClN3O6. The molecule has 1 aliphatic heterocycles. The van der Waals surface area contributed by atoms with Crippen LogP contribution in [0, 0.1) is 11.8 Å². The van der Waals surface area contributed by atoms with Crippen molar-refractivity contribution in [3.05, 3.63) is 135 Å². The maximum absolute atomic E-state index is 14.0. The number of hydrazine groups is 1. The molecule has 0 radical (unpaired) electrons. The molecule has 9 nitrogen and oxygen atoms in total. The van der Waals surface area contributed by atoms with E-state index in [0.717, 1.165) is 22.3 Å². The van der Waals surface area contributed by atoms with Crippen LogP contribution in [0.15, 0.2) is 97.1 Å². The lowest BCUT2D eigenvalue weighted by Crippen LogP contribution is -2.43. The van der Waals surface area contributed by atoms with Gasteiger partial charge in [0.15, 0.2) is 6.61 Å². The molecule has 0 unspecified atom stereocenters. The van der Waals surface area contributed by atoms with Crippen molar-refractivity contribution in [1.29, 1.82) is 0 Å². The third-order valence-electron chi connectivity index (χ3n) is 8.54. The Labute approximate surface area is 256 Å². The number of amides is 4. The maximum atomic E-state index is 14.0. The van der Waals surface area contributed by atoms with Crippen molar-refractivity contribution in [3.63, 3.8) is 0 Å². The van der Waals surface area contributed by atoms with Crippen molar-refractivity contribution < 1.29 is 28.7 Å². The van der Waals surface area contributed by atoms with E-state index < -0.39 is 36.2 Å². The van der Waals surface area contributed by atoms with E-state index >= 15 is 0 Å². The van der Waals surface area contributed by atoms with Gasteiger partial charge in [-0.1, -0.05) is 66.2 Å². The van der Waals surface area contributed by atoms with Crippen molar-refractivity contribution in [2.24, 2.45) is 11.8 Å². The summed E-state index contributed by atoms with van der Waals surface area (Å²) in [6, 6.07) is 28.1. The zero-order valence-corrected chi connectivity index (χ0v) is 23.8. The van der Waals surface area contributed by atoms with Crippen LogP contribution in [0.3, 0.4) is 0 Å². The van der Waals surface area contributed by atoms with E-state index in [-0.39, 0.29) is 40.5 Å². The summed E-state index contributed by atoms with van der Waals surface area (Å²) >= 11 is 5.82. The van der Waals surface area contributed by atoms with Gasteiger partial charge in [-0.2, -0.15) is 0 Å². The standard InChI is InChI=1S/C34H24ClN3O6/c35-20-14-12-18(13-15-20)31(40)37-36-26(39)17-44-34(43)19-6-5-7-21(16-19)38-32(41)29-27-22-8-1-2-9-23(22)28(30(29)33(38)42)25-11-4-3-10-24(25)27/h1-16,27-30H,17H2,(H,36,39)(H,37,40)/t27?,28?,29-,30-/m1/s1. The minimum Gasteiger partial charge on any atom is -0.452 e. The molecule has 4 aromatic rings. The molecule has 1 heterocycles. The minimum absolute atomic E-state index is 0.0607. The summed E-state index contributed by atoms with van der Waals surface area (Å²) in [7, 11) is 0. The van der Waals surface area contributed by atoms with Crippen LogP contribution in [-0.2, 0) is 19.1 Å². The quantitative estimate of drug-likeness (QED) is 0.198. The van der Waals surface area contributed by atoms with Gasteiger partial charge in [0.2, 0.25) is 11.8 Å². The molecule has 10 heteroatoms. The van der Waals surface area contributed by atoms with Gasteiger partial charge >= 0.3 is 5.97 Å². The number of esters is 1. The Morgan fingerprint density at radius 2 is 1.23 bits per heavy atom. The molecule has 44 heavy (non-hydrogen) atoms. The lowest BCUT2D eigenvalue weighted by atomic mass is 9.55. The number of hydrogen-bond acceptors (Lipinski definition) is 6. The topological polar surface area (TPSA) is 122 Å². The molecule has 4 aliphatic rings. The van der Waals surface area contributed by atoms with E-state index in [1.165, 1.54) is 41.3 Å². The smallest absolute Gasteiger partial charge is 0.338 e. The fraction of sp³-hybridized carbons (Fsp3) is 0.147. The predicted molar refractivity (Wildman–Crippen MR) is 160 cm³/mol. The summed E-state index contributed by atoms with van der Waals surface area (Å²) < 4.78 is 5.13. The number of benzene rings is 4. The molecule has 4 aromatic carbocycles. The number of nitrogens with one attached hydrogen (secondary N) is 2. The van der Waals surface area contributed by atoms with Crippen LogP contribution in [0.5, 0.6) is 0 Å². The van der Waals surface area contributed by atoms with Crippen LogP contribution < -0.4 is 15.8 Å². The second-order valence-electron chi connectivity index (χ2n) is 10.9. The summed E-state index contributed by atoms with van der Waals surface area (Å²) in [5.74, 6) is -4.38. The van der Waals surface area contributed by atoms with E-state index in [4.69, 9.17) is 16.3 Å². The number of carbonyl (C=O) groups is 5. The van der Waals surface area contributed by atoms with Crippen LogP contribution in [0.25, 0.3) is 0 Å². The van der Waals surface area contributed by atoms with Crippen molar-refractivity contribution in [3.8, 4) is 0 Å². The highest BCUT2D eigenvalue weighted by Gasteiger charge is 2.61. The monoisotopic (exact) mass is 605 g/mol. The van der Waals surface area contributed by atoms with Gasteiger partial charge in [0, 0.05) is 22.4 Å². The number of ether oxygens (including phenoxy) is 1. The third kappa shape index (κ3) is 4.44. The molecule has 4 amide bonds. The van der Waals surface area contributed by atoms with Gasteiger partial charge in [0.1, 0.15) is 0 Å². The Morgan fingerprint density at radius 3 is 1.77 bits per heavy atom. The molecule has 218 valence electrons. The SMILES string of the molecule is O=C(COC(=O)c1cccc(N2C(=O)[C@@H]3C4c5ccccc5C(c5ccccc54)[C@H]3C2=O)c1)NNC(=O)c1ccc(Cl)cc1. The van der Waals surface area contributed by atoms with E-state index in [2.05, 4.69) is 10.9 Å². The summed E-state index contributed by atoms with van der Waals surface area (Å²) in [6.07, 6.45) is 0. The van der Waals surface area contributed by atoms with Gasteiger partial charge in [0.05, 0.1) is 23.1 Å². The Hall–Kier alpha value is -5.28. The number of halogens is 1. The lowest BCUT2D eigenvalue weighted by Gasteiger charge is -2.45. The highest BCUT2D eigenvalue weighted by molar-refractivity contribution is 6.30. The minimum atomic E-state index is -0.831. The summed E-state index contributed by atoms with van der Waals surface area (Å²) in [5.41, 5.74) is 9.29. The van der Waals surface area contributed by atoms with Crippen molar-refractivity contribution >= 4 is 46.9 Å². The fourth-order valence-corrected chi connectivity index (χ4v) is 6.88. The summed E-state index contributed by atoms with van der Waals surface area (Å²) in [4.78, 5) is 66.4. The zero-order valence-electron chi connectivity index (χ0n) is 23.0. The zero-order chi connectivity index (χ0) is 30.5. The number of imide groups is 1. The van der Waals surface area contributed by atoms with E-state index in [9.17, 15) is 24.0 Å². The second-order valence-corrected chi connectivity index (χ2v) is 11.3. The largest absolute Gasteiger partial charge is 0.452 e. The van der Waals surface area contributed by atoms with Crippen LogP contribution in [0.1, 0.15) is 54.8 Å². The molecule has 3 aliphatic carbocycles. The first-order valence-corrected chi connectivity index (χ1v) is 14.4. The van der Waals surface area contributed by atoms with Crippen molar-refractivity contribution in [2.75, 3.05) is 11.5 Å². The Bertz CT molecular complexity index is 1760. The third-order valence-corrected chi connectivity index (χ3v) is 8.80. The first-order valence-electron chi connectivity index (χ1n) is 14.0. The van der Waals surface area contributed by atoms with Crippen molar-refractivity contribution in [1.82, 2.24) is 10.9 Å². The Balaban J connectivity index is 1.06. The van der Waals surface area contributed by atoms with Crippen LogP contribution >= 0.6 is 11.6 Å². The molecule has 1 saturated heterocycles. The van der Waals surface area contributed by atoms with Gasteiger partial charge in [-0.05, 0) is 64.7 Å². The van der Waals surface area contributed by atoms with Crippen molar-refractivity contribution in [2.45, 2.75) is 11.8 Å². The van der Waals surface area contributed by atoms with Crippen LogP contribution in [-0.4, -0.2) is 36.2 Å². The average molecular weight is 606 g/mol. The molecule has 0 saturated carbocycles. The molecule has 1 fully saturated rings. The van der Waals surface area contributed by atoms with Gasteiger partial charge in [-0.25, -0.2) is 9.69 Å². The molecule has 0 aromatic heterocycles. The summed E-state index contributed by atoms with van der Waals surface area (Å²) in [5, 5.41) is 0.460. The average Bonchev–Trinajstić information content (AvgIpc) is 3.32. The molecular weight excluding hydrogens is 582 g/mol. The molecule has 2 bridgehead atoms. The molecule has 2 atom stereocenters. The van der Waals surface area contributed by atoms with Gasteiger partial charge in [-0.15, -0.1) is 0 Å². The first kappa shape index (κ1) is 27.5. The number of anilines is 1. The Morgan fingerprint density at radius 1 is 0.682 bits per heavy atom.